The summed E-state index contributed by atoms with van der Waals surface area (Å²) in [6.07, 6.45) is 1.17. The maximum absolute atomic E-state index is 5.53. The fourth-order valence-corrected chi connectivity index (χ4v) is 2.58. The molecule has 4 heteroatoms. The van der Waals surface area contributed by atoms with E-state index in [1.807, 2.05) is 12.1 Å². The summed E-state index contributed by atoms with van der Waals surface area (Å²) in [5, 5.41) is 3.57. The third-order valence-corrected chi connectivity index (χ3v) is 3.69. The van der Waals surface area contributed by atoms with E-state index in [-0.39, 0.29) is 6.04 Å². The Morgan fingerprint density at radius 1 is 1.14 bits per heavy atom. The van der Waals surface area contributed by atoms with E-state index >= 15 is 0 Å². The van der Waals surface area contributed by atoms with Gasteiger partial charge in [-0.05, 0) is 44.3 Å². The lowest BCUT2D eigenvalue weighted by Crippen LogP contribution is -2.35. The summed E-state index contributed by atoms with van der Waals surface area (Å²) in [6, 6.07) is 6.24. The SMILES string of the molecule is CCCN(CC)CC(NCC)c1cc(OC)ccc1OC. The zero-order valence-electron chi connectivity index (χ0n) is 14.1. The Bertz CT molecular complexity index is 410. The minimum Gasteiger partial charge on any atom is -0.497 e. The molecule has 0 amide bonds. The van der Waals surface area contributed by atoms with Gasteiger partial charge in [-0.3, -0.25) is 0 Å². The predicted octanol–water partition coefficient (Wildman–Crippen LogP) is 3.09. The van der Waals surface area contributed by atoms with Gasteiger partial charge in [-0.1, -0.05) is 20.8 Å². The molecule has 21 heavy (non-hydrogen) atoms. The molecule has 0 bridgehead atoms. The highest BCUT2D eigenvalue weighted by molar-refractivity contribution is 5.42. The number of hydrogen-bond donors (Lipinski definition) is 1. The number of ether oxygens (including phenoxy) is 2. The van der Waals surface area contributed by atoms with Crippen LogP contribution in [0.5, 0.6) is 11.5 Å². The molecule has 1 aromatic carbocycles. The molecule has 1 unspecified atom stereocenters. The van der Waals surface area contributed by atoms with E-state index in [0.29, 0.717) is 0 Å². The summed E-state index contributed by atoms with van der Waals surface area (Å²) < 4.78 is 10.9. The van der Waals surface area contributed by atoms with Gasteiger partial charge in [0, 0.05) is 18.2 Å². The molecular formula is C17H30N2O2. The number of benzene rings is 1. The van der Waals surface area contributed by atoms with Gasteiger partial charge in [0.2, 0.25) is 0 Å². The molecule has 0 saturated carbocycles. The van der Waals surface area contributed by atoms with Crippen molar-refractivity contribution in [2.24, 2.45) is 0 Å². The van der Waals surface area contributed by atoms with Gasteiger partial charge >= 0.3 is 0 Å². The molecule has 120 valence electrons. The normalized spacial score (nSPS) is 12.5. The van der Waals surface area contributed by atoms with E-state index in [2.05, 4.69) is 37.1 Å². The number of nitrogens with one attached hydrogen (secondary N) is 1. The second-order valence-electron chi connectivity index (χ2n) is 5.11. The standard InChI is InChI=1S/C17H30N2O2/c1-6-11-19(8-3)13-16(18-7-2)15-12-14(20-4)9-10-17(15)21-5/h9-10,12,16,18H,6-8,11,13H2,1-5H3. The van der Waals surface area contributed by atoms with Crippen molar-refractivity contribution in [3.63, 3.8) is 0 Å². The van der Waals surface area contributed by atoms with Crippen LogP contribution in [0.25, 0.3) is 0 Å². The maximum Gasteiger partial charge on any atom is 0.123 e. The van der Waals surface area contributed by atoms with Crippen molar-refractivity contribution in [3.05, 3.63) is 23.8 Å². The van der Waals surface area contributed by atoms with Crippen LogP contribution in [0.15, 0.2) is 18.2 Å². The molecule has 0 aliphatic rings. The summed E-state index contributed by atoms with van der Waals surface area (Å²) in [6.45, 7) is 10.6. The van der Waals surface area contributed by atoms with E-state index in [0.717, 1.165) is 43.2 Å². The van der Waals surface area contributed by atoms with Gasteiger partial charge in [0.25, 0.3) is 0 Å². The first-order valence-electron chi connectivity index (χ1n) is 7.87. The third kappa shape index (κ3) is 5.21. The highest BCUT2D eigenvalue weighted by Gasteiger charge is 2.18. The Morgan fingerprint density at radius 3 is 2.43 bits per heavy atom. The summed E-state index contributed by atoms with van der Waals surface area (Å²) in [5.41, 5.74) is 1.16. The van der Waals surface area contributed by atoms with Gasteiger partial charge in [0.05, 0.1) is 14.2 Å². The lowest BCUT2D eigenvalue weighted by Gasteiger charge is -2.28. The highest BCUT2D eigenvalue weighted by atomic mass is 16.5. The average molecular weight is 294 g/mol. The van der Waals surface area contributed by atoms with Crippen LogP contribution >= 0.6 is 0 Å². The predicted molar refractivity (Wildman–Crippen MR) is 88.4 cm³/mol. The van der Waals surface area contributed by atoms with Gasteiger partial charge in [-0.15, -0.1) is 0 Å². The van der Waals surface area contributed by atoms with Crippen molar-refractivity contribution in [2.45, 2.75) is 33.2 Å². The molecule has 0 aliphatic heterocycles. The summed E-state index contributed by atoms with van der Waals surface area (Å²) in [4.78, 5) is 2.46. The van der Waals surface area contributed by atoms with Crippen LogP contribution < -0.4 is 14.8 Å². The van der Waals surface area contributed by atoms with Crippen molar-refractivity contribution in [2.75, 3.05) is 40.4 Å². The first-order valence-corrected chi connectivity index (χ1v) is 7.87. The number of likely N-dealkylation sites (N-methyl/N-ethyl adjacent to an activating group) is 2. The molecule has 0 spiro atoms. The van der Waals surface area contributed by atoms with Crippen molar-refractivity contribution in [3.8, 4) is 11.5 Å². The van der Waals surface area contributed by atoms with E-state index in [1.54, 1.807) is 14.2 Å². The van der Waals surface area contributed by atoms with E-state index in [9.17, 15) is 0 Å². The Hall–Kier alpha value is -1.26. The first-order chi connectivity index (χ1) is 10.2. The fourth-order valence-electron chi connectivity index (χ4n) is 2.58. The van der Waals surface area contributed by atoms with Gasteiger partial charge in [-0.2, -0.15) is 0 Å². The van der Waals surface area contributed by atoms with Crippen LogP contribution in [0.3, 0.4) is 0 Å². The minimum absolute atomic E-state index is 0.242. The number of rotatable bonds is 10. The van der Waals surface area contributed by atoms with E-state index < -0.39 is 0 Å². The smallest absolute Gasteiger partial charge is 0.123 e. The number of methoxy groups -OCH3 is 2. The lowest BCUT2D eigenvalue weighted by molar-refractivity contribution is 0.252. The minimum atomic E-state index is 0.242. The molecule has 0 fully saturated rings. The van der Waals surface area contributed by atoms with Crippen molar-refractivity contribution < 1.29 is 9.47 Å². The zero-order valence-corrected chi connectivity index (χ0v) is 14.1. The maximum atomic E-state index is 5.53. The highest BCUT2D eigenvalue weighted by Crippen LogP contribution is 2.30. The van der Waals surface area contributed by atoms with Crippen LogP contribution in [-0.4, -0.2) is 45.3 Å². The Morgan fingerprint density at radius 2 is 1.90 bits per heavy atom. The van der Waals surface area contributed by atoms with E-state index in [1.165, 1.54) is 6.42 Å². The van der Waals surface area contributed by atoms with Crippen LogP contribution in [0.1, 0.15) is 38.8 Å². The molecular weight excluding hydrogens is 264 g/mol. The molecule has 0 saturated heterocycles. The Kier molecular flexibility index (Phi) is 8.16. The lowest BCUT2D eigenvalue weighted by atomic mass is 10.0. The molecule has 0 radical (unpaired) electrons. The molecule has 0 aromatic heterocycles. The summed E-state index contributed by atoms with van der Waals surface area (Å²) in [7, 11) is 3.42. The van der Waals surface area contributed by atoms with Gasteiger partial charge < -0.3 is 19.7 Å². The zero-order chi connectivity index (χ0) is 15.7. The average Bonchev–Trinajstić information content (AvgIpc) is 2.53. The molecule has 0 heterocycles. The van der Waals surface area contributed by atoms with Crippen molar-refractivity contribution in [1.82, 2.24) is 10.2 Å². The van der Waals surface area contributed by atoms with Crippen LogP contribution in [0.4, 0.5) is 0 Å². The van der Waals surface area contributed by atoms with Gasteiger partial charge in [0.15, 0.2) is 0 Å². The topological polar surface area (TPSA) is 33.7 Å². The summed E-state index contributed by atoms with van der Waals surface area (Å²) in [5.74, 6) is 1.78. The Labute approximate surface area is 129 Å². The third-order valence-electron chi connectivity index (χ3n) is 3.69. The number of hydrogen-bond acceptors (Lipinski definition) is 4. The molecule has 1 atom stereocenters. The fraction of sp³-hybridized carbons (Fsp3) is 0.647. The van der Waals surface area contributed by atoms with E-state index in [4.69, 9.17) is 9.47 Å². The number of nitrogens with zero attached hydrogens (tertiary/aromatic N) is 1. The van der Waals surface area contributed by atoms with Crippen LogP contribution in [0.2, 0.25) is 0 Å². The molecule has 0 aliphatic carbocycles. The van der Waals surface area contributed by atoms with Crippen LogP contribution in [-0.2, 0) is 0 Å². The van der Waals surface area contributed by atoms with Crippen LogP contribution in [0, 0.1) is 0 Å². The summed E-state index contributed by atoms with van der Waals surface area (Å²) >= 11 is 0. The van der Waals surface area contributed by atoms with Gasteiger partial charge in [0.1, 0.15) is 11.5 Å². The molecule has 1 aromatic rings. The van der Waals surface area contributed by atoms with Crippen molar-refractivity contribution >= 4 is 0 Å². The quantitative estimate of drug-likeness (QED) is 0.719. The largest absolute Gasteiger partial charge is 0.497 e. The molecule has 1 N–H and O–H groups in total. The molecule has 4 nitrogen and oxygen atoms in total. The second kappa shape index (κ2) is 9.64. The van der Waals surface area contributed by atoms with Crippen molar-refractivity contribution in [1.29, 1.82) is 0 Å². The first kappa shape index (κ1) is 17.8. The second-order valence-corrected chi connectivity index (χ2v) is 5.11. The van der Waals surface area contributed by atoms with Gasteiger partial charge in [-0.25, -0.2) is 0 Å². The Balaban J connectivity index is 3.02. The molecule has 1 rings (SSSR count). The monoisotopic (exact) mass is 294 g/mol.